The Morgan fingerprint density at radius 1 is 1.44 bits per heavy atom. The van der Waals surface area contributed by atoms with Crippen LogP contribution in [0.5, 0.6) is 0 Å². The molecule has 3 heteroatoms. The molecule has 0 aliphatic rings. The number of pyridine rings is 1. The summed E-state index contributed by atoms with van der Waals surface area (Å²) < 4.78 is 1.81. The zero-order chi connectivity index (χ0) is 13.1. The summed E-state index contributed by atoms with van der Waals surface area (Å²) in [5.74, 6) is 3.46. The topological polar surface area (TPSA) is 30.7 Å². The van der Waals surface area contributed by atoms with Gasteiger partial charge >= 0.3 is 0 Å². The van der Waals surface area contributed by atoms with Crippen LogP contribution in [0.1, 0.15) is 19.5 Å². The molecule has 0 unspecified atom stereocenters. The highest BCUT2D eigenvalue weighted by atomic mass is 15.3. The molecule has 90 valence electrons. The second-order valence-electron chi connectivity index (χ2n) is 4.05. The average Bonchev–Trinajstić information content (AvgIpc) is 2.81. The van der Waals surface area contributed by atoms with Crippen LogP contribution >= 0.6 is 0 Å². The zero-order valence-corrected chi connectivity index (χ0v) is 10.8. The highest BCUT2D eigenvalue weighted by molar-refractivity contribution is 5.59. The van der Waals surface area contributed by atoms with Gasteiger partial charge < -0.3 is 0 Å². The fourth-order valence-corrected chi connectivity index (χ4v) is 1.83. The Labute approximate surface area is 106 Å². The van der Waals surface area contributed by atoms with Crippen LogP contribution in [0.2, 0.25) is 0 Å². The predicted octanol–water partition coefficient (Wildman–Crippen LogP) is 1.18. The first-order valence-corrected chi connectivity index (χ1v) is 5.79. The van der Waals surface area contributed by atoms with Crippen LogP contribution in [0, 0.1) is 19.3 Å². The Bertz CT molecular complexity index is 730. The summed E-state index contributed by atoms with van der Waals surface area (Å²) in [5, 5.41) is 6.32. The van der Waals surface area contributed by atoms with Crippen LogP contribution in [-0.2, 0) is 0 Å². The molecule has 0 spiro atoms. The van der Waals surface area contributed by atoms with Crippen molar-refractivity contribution in [2.45, 2.75) is 20.8 Å². The van der Waals surface area contributed by atoms with Gasteiger partial charge in [-0.3, -0.25) is 0 Å². The summed E-state index contributed by atoms with van der Waals surface area (Å²) in [6.45, 7) is 5.84. The van der Waals surface area contributed by atoms with Gasteiger partial charge in [0.15, 0.2) is 5.82 Å². The van der Waals surface area contributed by atoms with E-state index < -0.39 is 0 Å². The third-order valence-electron chi connectivity index (χ3n) is 2.79. The molecule has 0 aliphatic heterocycles. The van der Waals surface area contributed by atoms with Gasteiger partial charge in [-0.1, -0.05) is 18.1 Å². The van der Waals surface area contributed by atoms with E-state index in [0.29, 0.717) is 0 Å². The predicted molar refractivity (Wildman–Crippen MR) is 73.4 cm³/mol. The van der Waals surface area contributed by atoms with E-state index in [4.69, 9.17) is 6.42 Å². The van der Waals surface area contributed by atoms with Crippen molar-refractivity contribution in [3.05, 3.63) is 40.7 Å². The lowest BCUT2D eigenvalue weighted by molar-refractivity contribution is 0.816. The number of aryl methyl sites for hydroxylation is 1. The Morgan fingerprint density at radius 3 is 2.83 bits per heavy atom. The summed E-state index contributed by atoms with van der Waals surface area (Å²) in [5.41, 5.74) is 1.84. The summed E-state index contributed by atoms with van der Waals surface area (Å²) in [7, 11) is 0. The largest absolute Gasteiger partial charge is 0.234 e. The minimum atomic E-state index is 0.805. The molecule has 0 aromatic carbocycles. The highest BCUT2D eigenvalue weighted by Crippen LogP contribution is 2.00. The molecule has 3 nitrogen and oxygen atoms in total. The molecule has 0 saturated carbocycles. The normalized spacial score (nSPS) is 13.3. The molecule has 0 saturated heterocycles. The van der Waals surface area contributed by atoms with Crippen LogP contribution in [-0.4, -0.2) is 14.8 Å². The molecule has 18 heavy (non-hydrogen) atoms. The Kier molecular flexibility index (Phi) is 3.29. The van der Waals surface area contributed by atoms with Crippen LogP contribution in [0.15, 0.2) is 24.4 Å². The lowest BCUT2D eigenvalue weighted by Gasteiger charge is -2.01. The molecule has 2 rings (SSSR count). The van der Waals surface area contributed by atoms with Crippen LogP contribution < -0.4 is 10.6 Å². The van der Waals surface area contributed by atoms with Crippen molar-refractivity contribution >= 4 is 11.6 Å². The number of rotatable bonds is 1. The molecular weight excluding hydrogens is 222 g/mol. The second-order valence-corrected chi connectivity index (χ2v) is 4.05. The molecular formula is C15H15N3. The lowest BCUT2D eigenvalue weighted by Crippen LogP contribution is -2.30. The molecule has 0 aliphatic carbocycles. The molecule has 0 N–H and O–H groups in total. The number of hydrogen-bond acceptors (Lipinski definition) is 2. The summed E-state index contributed by atoms with van der Waals surface area (Å²) in [6, 6.07) is 5.86. The fourth-order valence-electron chi connectivity index (χ4n) is 1.83. The van der Waals surface area contributed by atoms with Crippen molar-refractivity contribution in [1.82, 2.24) is 14.8 Å². The van der Waals surface area contributed by atoms with Crippen molar-refractivity contribution in [2.24, 2.45) is 0 Å². The standard InChI is InChI=1S/C15H15N3/c1-5-11(3)13-10-16-18(14(13)6-2)15-9-7-8-12(4)17-15/h1,6-10H,2-4H3/b13-11+,14-6+. The maximum Gasteiger partial charge on any atom is 0.154 e. The lowest BCUT2D eigenvalue weighted by atomic mass is 10.2. The van der Waals surface area contributed by atoms with Crippen LogP contribution in [0.4, 0.5) is 0 Å². The van der Waals surface area contributed by atoms with Crippen molar-refractivity contribution < 1.29 is 0 Å². The highest BCUT2D eigenvalue weighted by Gasteiger charge is 2.03. The maximum atomic E-state index is 5.45. The quantitative estimate of drug-likeness (QED) is 0.697. The molecule has 2 aromatic heterocycles. The SMILES string of the molecule is C#C/C(C)=c1\cnn(-c2cccc(C)n2)\c1=C\C. The zero-order valence-electron chi connectivity index (χ0n) is 10.8. The minimum Gasteiger partial charge on any atom is -0.234 e. The van der Waals surface area contributed by atoms with Gasteiger partial charge in [-0.25, -0.2) is 9.67 Å². The van der Waals surface area contributed by atoms with Gasteiger partial charge in [-0.05, 0) is 32.9 Å². The molecule has 0 amide bonds. The number of terminal acetylenes is 1. The Morgan fingerprint density at radius 2 is 2.22 bits per heavy atom. The second kappa shape index (κ2) is 4.89. The molecule has 2 heterocycles. The third kappa shape index (κ3) is 2.05. The molecule has 0 atom stereocenters. The fraction of sp³-hybridized carbons (Fsp3) is 0.200. The average molecular weight is 237 g/mol. The minimum absolute atomic E-state index is 0.805. The van der Waals surface area contributed by atoms with Gasteiger partial charge in [-0.2, -0.15) is 5.10 Å². The Balaban J connectivity index is 2.78. The van der Waals surface area contributed by atoms with Gasteiger partial charge in [0.05, 0.1) is 11.5 Å². The first-order valence-electron chi connectivity index (χ1n) is 5.79. The molecule has 0 fully saturated rings. The first-order chi connectivity index (χ1) is 8.67. The molecule has 2 aromatic rings. The summed E-state index contributed by atoms with van der Waals surface area (Å²) in [6.07, 6.45) is 9.23. The number of nitrogens with zero attached hydrogens (tertiary/aromatic N) is 3. The van der Waals surface area contributed by atoms with E-state index in [9.17, 15) is 0 Å². The van der Waals surface area contributed by atoms with E-state index >= 15 is 0 Å². The molecule has 0 bridgehead atoms. The van der Waals surface area contributed by atoms with Gasteiger partial charge in [0.1, 0.15) is 0 Å². The van der Waals surface area contributed by atoms with E-state index in [1.54, 1.807) is 6.20 Å². The van der Waals surface area contributed by atoms with E-state index in [0.717, 1.165) is 27.7 Å². The van der Waals surface area contributed by atoms with E-state index in [-0.39, 0.29) is 0 Å². The van der Waals surface area contributed by atoms with Crippen molar-refractivity contribution in [2.75, 3.05) is 0 Å². The maximum absolute atomic E-state index is 5.45. The van der Waals surface area contributed by atoms with E-state index in [1.165, 1.54) is 0 Å². The van der Waals surface area contributed by atoms with Crippen molar-refractivity contribution in [3.8, 4) is 18.2 Å². The summed E-state index contributed by atoms with van der Waals surface area (Å²) >= 11 is 0. The van der Waals surface area contributed by atoms with E-state index in [2.05, 4.69) is 16.0 Å². The number of hydrogen-bond donors (Lipinski definition) is 0. The van der Waals surface area contributed by atoms with Crippen LogP contribution in [0.25, 0.3) is 17.5 Å². The Hall–Kier alpha value is -2.34. The van der Waals surface area contributed by atoms with Crippen LogP contribution in [0.3, 0.4) is 0 Å². The van der Waals surface area contributed by atoms with Gasteiger partial charge in [-0.15, -0.1) is 6.42 Å². The number of aromatic nitrogens is 3. The van der Waals surface area contributed by atoms with Gasteiger partial charge in [0.25, 0.3) is 0 Å². The summed E-state index contributed by atoms with van der Waals surface area (Å²) in [4.78, 5) is 4.47. The monoisotopic (exact) mass is 237 g/mol. The first kappa shape index (κ1) is 12.1. The molecule has 0 radical (unpaired) electrons. The smallest absolute Gasteiger partial charge is 0.154 e. The van der Waals surface area contributed by atoms with Crippen molar-refractivity contribution in [3.63, 3.8) is 0 Å². The third-order valence-corrected chi connectivity index (χ3v) is 2.79. The van der Waals surface area contributed by atoms with Crippen molar-refractivity contribution in [1.29, 1.82) is 0 Å². The van der Waals surface area contributed by atoms with Gasteiger partial charge in [0.2, 0.25) is 0 Å². The van der Waals surface area contributed by atoms with Gasteiger partial charge in [0, 0.05) is 16.5 Å². The van der Waals surface area contributed by atoms with E-state index in [1.807, 2.05) is 49.7 Å².